The number of thiophene rings is 1. The van der Waals surface area contributed by atoms with Gasteiger partial charge in [-0.15, -0.1) is 11.3 Å². The van der Waals surface area contributed by atoms with Crippen LogP contribution in [0.25, 0.3) is 10.9 Å². The number of nitrogens with one attached hydrogen (secondary N) is 1. The number of hydrogen-bond donors (Lipinski definition) is 2. The molecule has 7 heteroatoms. The fourth-order valence-electron chi connectivity index (χ4n) is 3.18. The largest absolute Gasteiger partial charge is 0.365 e. The fraction of sp³-hybridized carbons (Fsp3) is 0.211. The van der Waals surface area contributed by atoms with Crippen molar-refractivity contribution in [3.8, 4) is 0 Å². The molecule has 132 valence electrons. The number of carbonyl (C=O) groups is 2. The topological polar surface area (TPSA) is 85.1 Å². The number of aryl methyl sites for hydroxylation is 1. The maximum Gasteiger partial charge on any atom is 0.251 e. The Bertz CT molecular complexity index is 1010. The molecule has 2 heterocycles. The van der Waals surface area contributed by atoms with E-state index in [0.29, 0.717) is 10.6 Å². The quantitative estimate of drug-likeness (QED) is 0.659. The van der Waals surface area contributed by atoms with Crippen molar-refractivity contribution in [2.45, 2.75) is 24.3 Å². The lowest BCUT2D eigenvalue weighted by molar-refractivity contribution is -0.113. The zero-order valence-corrected chi connectivity index (χ0v) is 15.6. The highest BCUT2D eigenvalue weighted by molar-refractivity contribution is 7.99. The van der Waals surface area contributed by atoms with Gasteiger partial charge in [0.25, 0.3) is 5.91 Å². The van der Waals surface area contributed by atoms with Gasteiger partial charge in [-0.05, 0) is 37.0 Å². The zero-order valence-electron chi connectivity index (χ0n) is 14.0. The lowest BCUT2D eigenvalue weighted by Gasteiger charge is -2.06. The summed E-state index contributed by atoms with van der Waals surface area (Å²) in [6.45, 7) is 0. The van der Waals surface area contributed by atoms with Crippen LogP contribution in [-0.2, 0) is 17.6 Å². The maximum absolute atomic E-state index is 12.3. The summed E-state index contributed by atoms with van der Waals surface area (Å²) in [5.41, 5.74) is 7.94. The number of anilines is 1. The predicted molar refractivity (Wildman–Crippen MR) is 106 cm³/mol. The van der Waals surface area contributed by atoms with Crippen LogP contribution in [0, 0.1) is 0 Å². The van der Waals surface area contributed by atoms with E-state index in [1.165, 1.54) is 23.1 Å². The minimum absolute atomic E-state index is 0.160. The van der Waals surface area contributed by atoms with Crippen LogP contribution in [0.1, 0.15) is 27.2 Å². The Kier molecular flexibility index (Phi) is 4.65. The van der Waals surface area contributed by atoms with Gasteiger partial charge in [-0.1, -0.05) is 36.0 Å². The minimum Gasteiger partial charge on any atom is -0.365 e. The molecule has 0 saturated carbocycles. The first kappa shape index (κ1) is 17.1. The van der Waals surface area contributed by atoms with E-state index in [9.17, 15) is 9.59 Å². The van der Waals surface area contributed by atoms with Crippen LogP contribution in [0.5, 0.6) is 0 Å². The Balaban J connectivity index is 1.45. The first-order valence-electron chi connectivity index (χ1n) is 8.34. The molecule has 0 saturated heterocycles. The number of benzene rings is 1. The van der Waals surface area contributed by atoms with Gasteiger partial charge in [0.2, 0.25) is 5.91 Å². The number of carbonyl (C=O) groups excluding carboxylic acids is 2. The van der Waals surface area contributed by atoms with Gasteiger partial charge in [0.05, 0.1) is 21.9 Å². The molecule has 2 amide bonds. The number of nitrogens with two attached hydrogens (primary N) is 1. The van der Waals surface area contributed by atoms with Crippen LogP contribution in [0.15, 0.2) is 41.4 Å². The number of para-hydroxylation sites is 1. The highest BCUT2D eigenvalue weighted by atomic mass is 32.2. The van der Waals surface area contributed by atoms with Crippen molar-refractivity contribution in [3.63, 3.8) is 0 Å². The summed E-state index contributed by atoms with van der Waals surface area (Å²) in [4.78, 5) is 29.9. The van der Waals surface area contributed by atoms with Crippen molar-refractivity contribution in [3.05, 3.63) is 52.4 Å². The Morgan fingerprint density at radius 1 is 1.19 bits per heavy atom. The first-order valence-corrected chi connectivity index (χ1v) is 10.1. The maximum atomic E-state index is 12.3. The van der Waals surface area contributed by atoms with Gasteiger partial charge in [-0.25, -0.2) is 4.98 Å². The van der Waals surface area contributed by atoms with Crippen molar-refractivity contribution in [2.75, 3.05) is 11.1 Å². The van der Waals surface area contributed by atoms with E-state index in [2.05, 4.69) is 10.3 Å². The van der Waals surface area contributed by atoms with Crippen LogP contribution in [0.4, 0.5) is 5.00 Å². The molecule has 0 fully saturated rings. The summed E-state index contributed by atoms with van der Waals surface area (Å²) in [6.07, 6.45) is 2.85. The molecule has 0 radical (unpaired) electrons. The Hall–Kier alpha value is -2.38. The summed E-state index contributed by atoms with van der Waals surface area (Å²) in [5, 5.41) is 5.31. The van der Waals surface area contributed by atoms with Gasteiger partial charge in [-0.2, -0.15) is 0 Å². The average molecular weight is 383 g/mol. The van der Waals surface area contributed by atoms with E-state index in [4.69, 9.17) is 5.73 Å². The Morgan fingerprint density at radius 3 is 2.88 bits per heavy atom. The van der Waals surface area contributed by atoms with E-state index in [-0.39, 0.29) is 11.7 Å². The molecule has 4 rings (SSSR count). The second-order valence-electron chi connectivity index (χ2n) is 6.10. The highest BCUT2D eigenvalue weighted by Crippen LogP contribution is 2.38. The Labute approximate surface area is 159 Å². The van der Waals surface area contributed by atoms with Crippen LogP contribution in [0.3, 0.4) is 0 Å². The van der Waals surface area contributed by atoms with E-state index in [1.807, 2.05) is 36.4 Å². The number of pyridine rings is 1. The summed E-state index contributed by atoms with van der Waals surface area (Å²) in [7, 11) is 0. The number of nitrogens with zero attached hydrogens (tertiary/aromatic N) is 1. The molecular weight excluding hydrogens is 366 g/mol. The number of primary amides is 1. The zero-order chi connectivity index (χ0) is 18.1. The van der Waals surface area contributed by atoms with Crippen molar-refractivity contribution in [2.24, 2.45) is 5.73 Å². The normalized spacial score (nSPS) is 12.9. The lowest BCUT2D eigenvalue weighted by atomic mass is 10.1. The first-order chi connectivity index (χ1) is 12.6. The van der Waals surface area contributed by atoms with Crippen molar-refractivity contribution < 1.29 is 9.59 Å². The molecule has 26 heavy (non-hydrogen) atoms. The van der Waals surface area contributed by atoms with E-state index < -0.39 is 5.91 Å². The average Bonchev–Trinajstić information content (AvgIpc) is 3.20. The van der Waals surface area contributed by atoms with Crippen LogP contribution < -0.4 is 11.1 Å². The number of thioether (sulfide) groups is 1. The summed E-state index contributed by atoms with van der Waals surface area (Å²) < 4.78 is 0. The number of rotatable bonds is 5. The third kappa shape index (κ3) is 3.32. The smallest absolute Gasteiger partial charge is 0.251 e. The molecule has 1 aliphatic carbocycles. The molecule has 0 unspecified atom stereocenters. The van der Waals surface area contributed by atoms with Crippen LogP contribution in [0.2, 0.25) is 0 Å². The van der Waals surface area contributed by atoms with E-state index >= 15 is 0 Å². The van der Waals surface area contributed by atoms with Crippen molar-refractivity contribution in [1.29, 1.82) is 0 Å². The SMILES string of the molecule is NC(=O)c1c(NC(=O)CSc2ccc3ccccc3n2)sc2c1CCC2. The van der Waals surface area contributed by atoms with E-state index in [1.54, 1.807) is 0 Å². The van der Waals surface area contributed by atoms with Gasteiger partial charge < -0.3 is 11.1 Å². The van der Waals surface area contributed by atoms with Crippen molar-refractivity contribution >= 4 is 50.8 Å². The summed E-state index contributed by atoms with van der Waals surface area (Å²) in [6, 6.07) is 11.8. The standard InChI is InChI=1S/C19H17N3O2S2/c20-18(24)17-12-5-3-7-14(12)26-19(17)22-15(23)10-25-16-9-8-11-4-1-2-6-13(11)21-16/h1-2,4,6,8-9H,3,5,7,10H2,(H2,20,24)(H,22,23). The van der Waals surface area contributed by atoms with Gasteiger partial charge in [0, 0.05) is 10.3 Å². The molecule has 0 atom stereocenters. The molecule has 3 N–H and O–H groups in total. The highest BCUT2D eigenvalue weighted by Gasteiger charge is 2.26. The van der Waals surface area contributed by atoms with Gasteiger partial charge >= 0.3 is 0 Å². The molecule has 2 aromatic heterocycles. The predicted octanol–water partition coefficient (Wildman–Crippen LogP) is 3.61. The third-order valence-electron chi connectivity index (χ3n) is 4.34. The second kappa shape index (κ2) is 7.09. The molecule has 3 aromatic rings. The third-order valence-corrected chi connectivity index (χ3v) is 6.48. The monoisotopic (exact) mass is 383 g/mol. The molecule has 1 aliphatic rings. The number of fused-ring (bicyclic) bond motifs is 2. The molecule has 5 nitrogen and oxygen atoms in total. The molecule has 0 spiro atoms. The van der Waals surface area contributed by atoms with Crippen molar-refractivity contribution in [1.82, 2.24) is 4.98 Å². The second-order valence-corrected chi connectivity index (χ2v) is 8.21. The number of amides is 2. The van der Waals surface area contributed by atoms with E-state index in [0.717, 1.165) is 45.6 Å². The summed E-state index contributed by atoms with van der Waals surface area (Å²) in [5.74, 6) is -0.400. The molecular formula is C19H17N3O2S2. The Morgan fingerprint density at radius 2 is 2.04 bits per heavy atom. The van der Waals surface area contributed by atoms with Crippen LogP contribution >= 0.6 is 23.1 Å². The molecule has 0 bridgehead atoms. The molecule has 1 aromatic carbocycles. The number of hydrogen-bond acceptors (Lipinski definition) is 5. The van der Waals surface area contributed by atoms with Gasteiger partial charge in [0.1, 0.15) is 5.00 Å². The van der Waals surface area contributed by atoms with Crippen LogP contribution in [-0.4, -0.2) is 22.6 Å². The summed E-state index contributed by atoms with van der Waals surface area (Å²) >= 11 is 2.84. The van der Waals surface area contributed by atoms with Gasteiger partial charge in [0.15, 0.2) is 0 Å². The molecule has 0 aliphatic heterocycles. The van der Waals surface area contributed by atoms with Gasteiger partial charge in [-0.3, -0.25) is 9.59 Å². The minimum atomic E-state index is -0.469. The lowest BCUT2D eigenvalue weighted by Crippen LogP contribution is -2.18. The number of aromatic nitrogens is 1. The fourth-order valence-corrected chi connectivity index (χ4v) is 5.17.